The molecule has 2 aliphatic heterocycles. The smallest absolute Gasteiger partial charge is 0.252 e. The van der Waals surface area contributed by atoms with Crippen LogP contribution in [0.1, 0.15) is 37.1 Å². The number of imidazole rings is 2. The topological polar surface area (TPSA) is 194 Å². The van der Waals surface area contributed by atoms with Crippen molar-refractivity contribution >= 4 is 40.6 Å². The molecular weight excluding hydrogens is 852 g/mol. The maximum atomic E-state index is 13.6. The highest BCUT2D eigenvalue weighted by molar-refractivity contribution is 6.28. The molecule has 0 bridgehead atoms. The molecule has 6 aromatic rings. The zero-order chi connectivity index (χ0) is 44.9. The third kappa shape index (κ3) is 8.58. The van der Waals surface area contributed by atoms with Crippen LogP contribution in [0.15, 0.2) is 62.0 Å². The van der Waals surface area contributed by atoms with E-state index in [0.717, 1.165) is 11.4 Å². The van der Waals surface area contributed by atoms with Gasteiger partial charge in [-0.1, -0.05) is 0 Å². The minimum atomic E-state index is -2.67. The molecule has 2 fully saturated rings. The van der Waals surface area contributed by atoms with Crippen LogP contribution in [-0.4, -0.2) is 113 Å². The number of aromatic nitrogens is 10. The molecule has 0 amide bonds. The fourth-order valence-electron chi connectivity index (χ4n) is 7.86. The monoisotopic (exact) mass is 894 g/mol. The molecule has 3 N–H and O–H groups in total. The molecule has 10 rings (SSSR count). The maximum Gasteiger partial charge on any atom is 0.252 e. The SMILES string of the molecule is CN1c2nc(Cl)ncc2OCC12CC(F)(F)C2.COc1cc(N)cnc1-n1cnc(C)c1.COc1cc(Nc2ncc3c(n2)N(C)C2(CO3)CC(F)(F)C2)cnc1-n1cnc(C)c1. The Hall–Kier alpha value is -6.71. The molecular formula is C40H43ClF4N14O4. The molecule has 2 saturated carbocycles. The number of anilines is 5. The number of methoxy groups -OCH3 is 2. The Kier molecular flexibility index (Phi) is 11.0. The van der Waals surface area contributed by atoms with Gasteiger partial charge in [-0.2, -0.15) is 9.97 Å². The standard InChI is InChI=1S/C20H21F2N7O2.C10H10ClF2N3O.C10H12N4O/c1-12-7-29(11-25-12)16-14(30-3)4-13(5-23-16)26-18-24-6-15-17(27-18)28(2)19(10-31-15)8-20(21,22)9-19;1-16-7-6(2-14-8(11)15-7)17-5-9(16)3-10(12,13)4-9;1-7-5-14(6-13-7)10-9(15-2)3-8(11)4-12-10/h4-7,11H,8-10H2,1-3H3,(H,24,26,27);2H,3-5H2,1H3;3-6H,11H2,1-2H3. The highest BCUT2D eigenvalue weighted by atomic mass is 35.5. The van der Waals surface area contributed by atoms with Gasteiger partial charge in [-0.3, -0.25) is 9.13 Å². The van der Waals surface area contributed by atoms with Gasteiger partial charge in [0.05, 0.1) is 72.8 Å². The molecule has 18 nitrogen and oxygen atoms in total. The van der Waals surface area contributed by atoms with Crippen LogP contribution in [0.2, 0.25) is 5.28 Å². The zero-order valence-electron chi connectivity index (χ0n) is 35.0. The molecule has 4 aliphatic rings. The third-order valence-electron chi connectivity index (χ3n) is 11.1. The minimum absolute atomic E-state index is 0.0855. The number of halogens is 5. The number of hydrogen-bond donors (Lipinski definition) is 2. The molecule has 0 radical (unpaired) electrons. The van der Waals surface area contributed by atoms with Gasteiger partial charge in [0.15, 0.2) is 46.3 Å². The summed E-state index contributed by atoms with van der Waals surface area (Å²) >= 11 is 5.70. The van der Waals surface area contributed by atoms with Crippen LogP contribution in [0.4, 0.5) is 46.5 Å². The molecule has 332 valence electrons. The van der Waals surface area contributed by atoms with Gasteiger partial charge in [0, 0.05) is 64.3 Å². The Morgan fingerprint density at radius 1 is 0.667 bits per heavy atom. The van der Waals surface area contributed by atoms with E-state index in [1.165, 1.54) is 12.4 Å². The summed E-state index contributed by atoms with van der Waals surface area (Å²) in [4.78, 5) is 37.1. The van der Waals surface area contributed by atoms with Gasteiger partial charge >= 0.3 is 0 Å². The lowest BCUT2D eigenvalue weighted by atomic mass is 9.72. The molecule has 0 atom stereocenters. The van der Waals surface area contributed by atoms with Crippen LogP contribution in [0.5, 0.6) is 23.0 Å². The molecule has 2 aliphatic carbocycles. The minimum Gasteiger partial charge on any atom is -0.493 e. The van der Waals surface area contributed by atoms with Gasteiger partial charge in [0.1, 0.15) is 25.9 Å². The molecule has 0 unspecified atom stereocenters. The summed E-state index contributed by atoms with van der Waals surface area (Å²) in [5, 5.41) is 3.18. The summed E-state index contributed by atoms with van der Waals surface area (Å²) in [7, 11) is 6.65. The van der Waals surface area contributed by atoms with Gasteiger partial charge in [-0.05, 0) is 25.4 Å². The van der Waals surface area contributed by atoms with Crippen molar-refractivity contribution in [3.8, 4) is 34.6 Å². The predicted molar refractivity (Wildman–Crippen MR) is 224 cm³/mol. The quantitative estimate of drug-likeness (QED) is 0.138. The molecule has 0 saturated heterocycles. The van der Waals surface area contributed by atoms with Gasteiger partial charge in [0.2, 0.25) is 11.2 Å². The Balaban J connectivity index is 0.000000143. The average Bonchev–Trinajstić information content (AvgIpc) is 3.87. The molecule has 2 spiro atoms. The normalized spacial score (nSPS) is 17.8. The summed E-state index contributed by atoms with van der Waals surface area (Å²) in [5.74, 6) is -0.610. The van der Waals surface area contributed by atoms with Crippen LogP contribution < -0.4 is 39.8 Å². The average molecular weight is 895 g/mol. The first kappa shape index (κ1) is 43.0. The van der Waals surface area contributed by atoms with Crippen molar-refractivity contribution in [2.75, 3.05) is 62.4 Å². The molecule has 63 heavy (non-hydrogen) atoms. The molecule has 0 aromatic carbocycles. The summed E-state index contributed by atoms with van der Waals surface area (Å²) in [6.45, 7) is 4.23. The Bertz CT molecular complexity index is 2630. The number of nitrogens with zero attached hydrogens (tertiary/aromatic N) is 12. The first-order valence-electron chi connectivity index (χ1n) is 19.4. The van der Waals surface area contributed by atoms with E-state index in [-0.39, 0.29) is 44.2 Å². The second-order valence-corrected chi connectivity index (χ2v) is 16.1. The van der Waals surface area contributed by atoms with Crippen LogP contribution >= 0.6 is 11.6 Å². The summed E-state index contributed by atoms with van der Waals surface area (Å²) < 4.78 is 78.6. The summed E-state index contributed by atoms with van der Waals surface area (Å²) in [5.41, 5.74) is 7.20. The second-order valence-electron chi connectivity index (χ2n) is 15.8. The van der Waals surface area contributed by atoms with E-state index in [1.54, 1.807) is 84.4 Å². The van der Waals surface area contributed by atoms with Crippen LogP contribution in [0.3, 0.4) is 0 Å². The second kappa shape index (κ2) is 16.2. The Labute approximate surface area is 363 Å². The number of nitrogen functional groups attached to an aromatic ring is 1. The van der Waals surface area contributed by atoms with Gasteiger partial charge < -0.3 is 39.8 Å². The predicted octanol–water partition coefficient (Wildman–Crippen LogP) is 6.41. The number of hydrogen-bond acceptors (Lipinski definition) is 16. The fraction of sp³-hybridized carbons (Fsp3) is 0.400. The van der Waals surface area contributed by atoms with Crippen LogP contribution in [0.25, 0.3) is 11.6 Å². The van der Waals surface area contributed by atoms with Crippen molar-refractivity contribution < 1.29 is 36.5 Å². The van der Waals surface area contributed by atoms with Crippen molar-refractivity contribution in [3.63, 3.8) is 0 Å². The number of alkyl halides is 4. The summed E-state index contributed by atoms with van der Waals surface area (Å²) in [6.07, 6.45) is 12.4. The van der Waals surface area contributed by atoms with E-state index in [2.05, 4.69) is 45.2 Å². The number of ether oxygens (including phenoxy) is 4. The lowest BCUT2D eigenvalue weighted by Gasteiger charge is -2.54. The highest BCUT2D eigenvalue weighted by Crippen LogP contribution is 2.54. The molecule has 6 aromatic heterocycles. The van der Waals surface area contributed by atoms with Crippen LogP contribution in [0, 0.1) is 13.8 Å². The number of rotatable bonds is 6. The Morgan fingerprint density at radius 3 is 1.65 bits per heavy atom. The maximum absolute atomic E-state index is 13.6. The van der Waals surface area contributed by atoms with E-state index in [1.807, 2.05) is 26.2 Å². The number of aryl methyl sites for hydroxylation is 2. The van der Waals surface area contributed by atoms with E-state index in [9.17, 15) is 17.6 Å². The zero-order valence-corrected chi connectivity index (χ0v) is 35.7. The highest BCUT2D eigenvalue weighted by Gasteiger charge is 2.62. The van der Waals surface area contributed by atoms with E-state index >= 15 is 0 Å². The van der Waals surface area contributed by atoms with Gasteiger partial charge in [-0.25, -0.2) is 47.5 Å². The van der Waals surface area contributed by atoms with E-state index in [4.69, 9.17) is 36.3 Å². The molecule has 23 heteroatoms. The van der Waals surface area contributed by atoms with Crippen molar-refractivity contribution in [1.82, 2.24) is 49.0 Å². The Morgan fingerprint density at radius 2 is 1.16 bits per heavy atom. The lowest BCUT2D eigenvalue weighted by Crippen LogP contribution is -2.66. The third-order valence-corrected chi connectivity index (χ3v) is 11.3. The number of nitrogens with one attached hydrogen (secondary N) is 1. The van der Waals surface area contributed by atoms with Crippen molar-refractivity contribution in [2.45, 2.75) is 62.5 Å². The van der Waals surface area contributed by atoms with Gasteiger partial charge in [0.25, 0.3) is 11.8 Å². The van der Waals surface area contributed by atoms with E-state index < -0.39 is 22.9 Å². The number of likely N-dealkylation sites (N-methyl/N-ethyl adjacent to an activating group) is 2. The largest absolute Gasteiger partial charge is 0.493 e. The van der Waals surface area contributed by atoms with Gasteiger partial charge in [-0.15, -0.1) is 0 Å². The first-order valence-corrected chi connectivity index (χ1v) is 19.8. The van der Waals surface area contributed by atoms with Crippen molar-refractivity contribution in [1.29, 1.82) is 0 Å². The first-order chi connectivity index (χ1) is 29.9. The number of fused-ring (bicyclic) bond motifs is 2. The van der Waals surface area contributed by atoms with E-state index in [0.29, 0.717) is 63.6 Å². The van der Waals surface area contributed by atoms with Crippen molar-refractivity contribution in [3.05, 3.63) is 78.6 Å². The number of nitrogens with two attached hydrogens (primary N) is 1. The van der Waals surface area contributed by atoms with Crippen LogP contribution in [-0.2, 0) is 0 Å². The fourth-order valence-corrected chi connectivity index (χ4v) is 7.99. The lowest BCUT2D eigenvalue weighted by molar-refractivity contribution is -0.136. The van der Waals surface area contributed by atoms with Crippen molar-refractivity contribution in [2.24, 2.45) is 0 Å². The summed E-state index contributed by atoms with van der Waals surface area (Å²) in [6, 6.07) is 3.51. The molecule has 8 heterocycles. The number of pyridine rings is 2.